The van der Waals surface area contributed by atoms with E-state index < -0.39 is 0 Å². The van der Waals surface area contributed by atoms with E-state index in [0.717, 1.165) is 24.3 Å². The summed E-state index contributed by atoms with van der Waals surface area (Å²) in [5, 5.41) is 3.29. The third-order valence-corrected chi connectivity index (χ3v) is 3.21. The van der Waals surface area contributed by atoms with Gasteiger partial charge in [0.15, 0.2) is 0 Å². The lowest BCUT2D eigenvalue weighted by Gasteiger charge is -2.20. The molecule has 0 heterocycles. The first-order valence-electron chi connectivity index (χ1n) is 5.57. The molecule has 0 radical (unpaired) electrons. The maximum atomic E-state index is 11.3. The lowest BCUT2D eigenvalue weighted by molar-refractivity contribution is -0.143. The summed E-state index contributed by atoms with van der Waals surface area (Å²) in [5.74, 6) is 2.14. The Morgan fingerprint density at radius 3 is 2.60 bits per heavy atom. The maximum absolute atomic E-state index is 11.3. The van der Waals surface area contributed by atoms with Crippen LogP contribution in [0.4, 0.5) is 0 Å². The molecule has 4 heteroatoms. The van der Waals surface area contributed by atoms with Gasteiger partial charge in [-0.25, -0.2) is 0 Å². The van der Waals surface area contributed by atoms with Crippen LogP contribution in [0.5, 0.6) is 0 Å². The zero-order chi connectivity index (χ0) is 11.7. The van der Waals surface area contributed by atoms with Gasteiger partial charge in [0.25, 0.3) is 0 Å². The normalized spacial score (nSPS) is 14.7. The van der Waals surface area contributed by atoms with E-state index in [1.807, 2.05) is 18.7 Å². The summed E-state index contributed by atoms with van der Waals surface area (Å²) in [5.41, 5.74) is 0. The van der Waals surface area contributed by atoms with E-state index in [1.165, 1.54) is 7.11 Å². The largest absolute Gasteiger partial charge is 0.468 e. The van der Waals surface area contributed by atoms with E-state index >= 15 is 0 Å². The highest BCUT2D eigenvalue weighted by atomic mass is 32.2. The molecule has 3 nitrogen and oxygen atoms in total. The number of hydrogen-bond donors (Lipinski definition) is 1. The summed E-state index contributed by atoms with van der Waals surface area (Å²) < 4.78 is 4.72. The SMILES string of the molecule is CCSCCC(C)NC(CC)C(=O)OC. The van der Waals surface area contributed by atoms with Crippen molar-refractivity contribution in [3.63, 3.8) is 0 Å². The molecule has 90 valence electrons. The van der Waals surface area contributed by atoms with Crippen LogP contribution in [0.15, 0.2) is 0 Å². The third kappa shape index (κ3) is 6.79. The number of hydrogen-bond acceptors (Lipinski definition) is 4. The molecule has 0 rings (SSSR count). The first kappa shape index (κ1) is 14.8. The number of nitrogens with one attached hydrogen (secondary N) is 1. The van der Waals surface area contributed by atoms with Gasteiger partial charge in [0.2, 0.25) is 0 Å². The summed E-state index contributed by atoms with van der Waals surface area (Å²) in [6, 6.07) is 0.213. The molecule has 0 aliphatic carbocycles. The second-order valence-corrected chi connectivity index (χ2v) is 4.93. The summed E-state index contributed by atoms with van der Waals surface area (Å²) in [4.78, 5) is 11.3. The van der Waals surface area contributed by atoms with Crippen LogP contribution in [0.1, 0.15) is 33.6 Å². The quantitative estimate of drug-likeness (QED) is 0.514. The molecule has 15 heavy (non-hydrogen) atoms. The Morgan fingerprint density at radius 2 is 2.13 bits per heavy atom. The molecule has 2 atom stereocenters. The Bertz CT molecular complexity index is 176. The molecule has 0 spiro atoms. The minimum Gasteiger partial charge on any atom is -0.468 e. The van der Waals surface area contributed by atoms with Crippen LogP contribution in [0.25, 0.3) is 0 Å². The van der Waals surface area contributed by atoms with Crippen LogP contribution in [0.3, 0.4) is 0 Å². The van der Waals surface area contributed by atoms with E-state index in [9.17, 15) is 4.79 Å². The van der Waals surface area contributed by atoms with Gasteiger partial charge in [0, 0.05) is 6.04 Å². The van der Waals surface area contributed by atoms with Crippen molar-refractivity contribution in [2.24, 2.45) is 0 Å². The molecule has 0 saturated heterocycles. The monoisotopic (exact) mass is 233 g/mol. The standard InChI is InChI=1S/C11H23NO2S/c1-5-10(11(13)14-4)12-9(3)7-8-15-6-2/h9-10,12H,5-8H2,1-4H3. The zero-order valence-corrected chi connectivity index (χ0v) is 11.0. The molecule has 1 N–H and O–H groups in total. The van der Waals surface area contributed by atoms with E-state index in [4.69, 9.17) is 4.74 Å². The fraction of sp³-hybridized carbons (Fsp3) is 0.909. The molecule has 0 amide bonds. The molecule has 0 fully saturated rings. The summed E-state index contributed by atoms with van der Waals surface area (Å²) in [6.45, 7) is 6.26. The zero-order valence-electron chi connectivity index (χ0n) is 10.2. The summed E-state index contributed by atoms with van der Waals surface area (Å²) in [6.07, 6.45) is 1.87. The lowest BCUT2D eigenvalue weighted by Crippen LogP contribution is -2.42. The van der Waals surface area contributed by atoms with Gasteiger partial charge < -0.3 is 10.1 Å². The van der Waals surface area contributed by atoms with E-state index in [-0.39, 0.29) is 12.0 Å². The Kier molecular flexibility index (Phi) is 8.91. The van der Waals surface area contributed by atoms with Gasteiger partial charge in [0.05, 0.1) is 7.11 Å². The van der Waals surface area contributed by atoms with E-state index in [0.29, 0.717) is 6.04 Å². The van der Waals surface area contributed by atoms with Gasteiger partial charge in [-0.2, -0.15) is 11.8 Å². The van der Waals surface area contributed by atoms with Crippen molar-refractivity contribution in [2.75, 3.05) is 18.6 Å². The second-order valence-electron chi connectivity index (χ2n) is 3.54. The van der Waals surface area contributed by atoms with Crippen LogP contribution in [0.2, 0.25) is 0 Å². The summed E-state index contributed by atoms with van der Waals surface area (Å²) in [7, 11) is 1.43. The maximum Gasteiger partial charge on any atom is 0.322 e. The van der Waals surface area contributed by atoms with Crippen molar-refractivity contribution in [3.05, 3.63) is 0 Å². The van der Waals surface area contributed by atoms with Crippen molar-refractivity contribution < 1.29 is 9.53 Å². The van der Waals surface area contributed by atoms with Crippen LogP contribution in [-0.4, -0.2) is 36.7 Å². The minimum absolute atomic E-state index is 0.156. The number of ether oxygens (including phenoxy) is 1. The van der Waals surface area contributed by atoms with Gasteiger partial charge in [0.1, 0.15) is 6.04 Å². The molecular weight excluding hydrogens is 210 g/mol. The number of thioether (sulfide) groups is 1. The highest BCUT2D eigenvalue weighted by Crippen LogP contribution is 2.05. The van der Waals surface area contributed by atoms with Gasteiger partial charge in [-0.3, -0.25) is 4.79 Å². The highest BCUT2D eigenvalue weighted by molar-refractivity contribution is 7.99. The van der Waals surface area contributed by atoms with Crippen LogP contribution < -0.4 is 5.32 Å². The van der Waals surface area contributed by atoms with Crippen molar-refractivity contribution in [1.82, 2.24) is 5.32 Å². The van der Waals surface area contributed by atoms with E-state index in [1.54, 1.807) is 0 Å². The first-order chi connectivity index (χ1) is 7.15. The molecule has 0 aromatic heterocycles. The van der Waals surface area contributed by atoms with Crippen LogP contribution in [-0.2, 0) is 9.53 Å². The number of carbonyl (C=O) groups excluding carboxylic acids is 1. The van der Waals surface area contributed by atoms with Crippen molar-refractivity contribution in [1.29, 1.82) is 0 Å². The third-order valence-electron chi connectivity index (χ3n) is 2.28. The number of methoxy groups -OCH3 is 1. The molecule has 0 aromatic carbocycles. The molecular formula is C11H23NO2S. The van der Waals surface area contributed by atoms with Gasteiger partial charge in [-0.15, -0.1) is 0 Å². The topological polar surface area (TPSA) is 38.3 Å². The lowest BCUT2D eigenvalue weighted by atomic mass is 10.1. The molecule has 0 aliphatic rings. The number of esters is 1. The molecule has 2 unspecified atom stereocenters. The first-order valence-corrected chi connectivity index (χ1v) is 6.72. The summed E-state index contributed by atoms with van der Waals surface area (Å²) >= 11 is 1.93. The number of carbonyl (C=O) groups is 1. The average molecular weight is 233 g/mol. The van der Waals surface area contributed by atoms with Gasteiger partial charge in [-0.1, -0.05) is 13.8 Å². The molecule has 0 saturated carbocycles. The molecule has 0 aromatic rings. The Balaban J connectivity index is 3.80. The second kappa shape index (κ2) is 9.04. The Labute approximate surface area is 97.3 Å². The Morgan fingerprint density at radius 1 is 1.47 bits per heavy atom. The minimum atomic E-state index is -0.160. The van der Waals surface area contributed by atoms with Crippen molar-refractivity contribution in [3.8, 4) is 0 Å². The predicted molar refractivity (Wildman–Crippen MR) is 66.3 cm³/mol. The van der Waals surface area contributed by atoms with Crippen LogP contribution >= 0.6 is 11.8 Å². The fourth-order valence-electron chi connectivity index (χ4n) is 1.33. The number of rotatable bonds is 8. The van der Waals surface area contributed by atoms with Crippen molar-refractivity contribution in [2.45, 2.75) is 45.7 Å². The van der Waals surface area contributed by atoms with E-state index in [2.05, 4.69) is 19.2 Å². The molecule has 0 bridgehead atoms. The fourth-order valence-corrected chi connectivity index (χ4v) is 2.13. The molecule has 0 aliphatic heterocycles. The van der Waals surface area contributed by atoms with Gasteiger partial charge in [-0.05, 0) is 31.3 Å². The van der Waals surface area contributed by atoms with Gasteiger partial charge >= 0.3 is 5.97 Å². The van der Waals surface area contributed by atoms with Crippen LogP contribution in [0, 0.1) is 0 Å². The highest BCUT2D eigenvalue weighted by Gasteiger charge is 2.18. The smallest absolute Gasteiger partial charge is 0.322 e. The average Bonchev–Trinajstić information content (AvgIpc) is 2.25. The predicted octanol–water partition coefficient (Wildman–Crippen LogP) is 2.06. The Hall–Kier alpha value is -0.220. The van der Waals surface area contributed by atoms with Crippen molar-refractivity contribution >= 4 is 17.7 Å².